The Labute approximate surface area is 172 Å². The van der Waals surface area contributed by atoms with Crippen molar-refractivity contribution in [2.75, 3.05) is 0 Å². The van der Waals surface area contributed by atoms with E-state index in [1.54, 1.807) is 12.2 Å². The Bertz CT molecular complexity index is 744. The van der Waals surface area contributed by atoms with Gasteiger partial charge in [-0.3, -0.25) is 9.59 Å². The van der Waals surface area contributed by atoms with E-state index in [2.05, 4.69) is 11.8 Å². The summed E-state index contributed by atoms with van der Waals surface area (Å²) in [6.45, 7) is 0. The first-order valence-electron chi connectivity index (χ1n) is 10.3. The van der Waals surface area contributed by atoms with Gasteiger partial charge in [-0.25, -0.2) is 0 Å². The van der Waals surface area contributed by atoms with Gasteiger partial charge < -0.3 is 15.3 Å². The minimum absolute atomic E-state index is 0.0853. The Morgan fingerprint density at radius 1 is 1.24 bits per heavy atom. The molecule has 1 unspecified atom stereocenters. The number of aliphatic hydroxyl groups is 2. The normalized spacial score (nSPS) is 22.8. The van der Waals surface area contributed by atoms with Crippen molar-refractivity contribution in [1.82, 2.24) is 0 Å². The molecule has 0 amide bonds. The van der Waals surface area contributed by atoms with Crippen molar-refractivity contribution in [2.45, 2.75) is 63.6 Å². The molecule has 0 heterocycles. The lowest BCUT2D eigenvalue weighted by Gasteiger charge is -2.31. The fourth-order valence-electron chi connectivity index (χ4n) is 3.57. The van der Waals surface area contributed by atoms with Crippen LogP contribution >= 0.6 is 0 Å². The Kier molecular flexibility index (Phi) is 9.63. The van der Waals surface area contributed by atoms with Gasteiger partial charge in [0.15, 0.2) is 0 Å². The number of hydrogen-bond acceptors (Lipinski definition) is 4. The highest BCUT2D eigenvalue weighted by Gasteiger charge is 2.35. The van der Waals surface area contributed by atoms with Crippen molar-refractivity contribution in [3.8, 4) is 11.8 Å². The fraction of sp³-hybridized carbons (Fsp3) is 0.500. The molecule has 156 valence electrons. The quantitative estimate of drug-likeness (QED) is 0.337. The second-order valence-electron chi connectivity index (χ2n) is 7.54. The molecular weight excluding hydrogens is 368 g/mol. The van der Waals surface area contributed by atoms with Crippen LogP contribution in [0.3, 0.4) is 0 Å². The van der Waals surface area contributed by atoms with E-state index >= 15 is 0 Å². The molecule has 1 aliphatic rings. The number of aliphatic hydroxyl groups excluding tert-OH is 2. The highest BCUT2D eigenvalue weighted by atomic mass is 16.4. The SMILES string of the molecule is O=C(O)CCCC#CC[C@H]1C(=O)CC[C@@H](O)[C@H]1C=CC(O)CCc1ccccc1. The van der Waals surface area contributed by atoms with Crippen molar-refractivity contribution in [3.05, 3.63) is 48.0 Å². The van der Waals surface area contributed by atoms with Crippen LogP contribution in [0.5, 0.6) is 0 Å². The zero-order valence-electron chi connectivity index (χ0n) is 16.7. The number of ketones is 1. The van der Waals surface area contributed by atoms with Crippen molar-refractivity contribution >= 4 is 11.8 Å². The van der Waals surface area contributed by atoms with Crippen LogP contribution in [0.2, 0.25) is 0 Å². The number of aryl methyl sites for hydroxylation is 1. The van der Waals surface area contributed by atoms with E-state index in [1.807, 2.05) is 30.3 Å². The first-order valence-corrected chi connectivity index (χ1v) is 10.3. The van der Waals surface area contributed by atoms with Crippen molar-refractivity contribution in [3.63, 3.8) is 0 Å². The zero-order chi connectivity index (χ0) is 21.1. The van der Waals surface area contributed by atoms with Gasteiger partial charge in [0.25, 0.3) is 0 Å². The summed E-state index contributed by atoms with van der Waals surface area (Å²) in [5.41, 5.74) is 1.16. The molecule has 1 aromatic carbocycles. The number of aliphatic carboxylic acids is 1. The number of Topliss-reactive ketones (excluding diaryl/α,β-unsaturated/α-hetero) is 1. The van der Waals surface area contributed by atoms with Crippen LogP contribution in [0.1, 0.15) is 50.5 Å². The third-order valence-electron chi connectivity index (χ3n) is 5.28. The molecule has 5 heteroatoms. The molecule has 0 aromatic heterocycles. The van der Waals surface area contributed by atoms with E-state index < -0.39 is 18.2 Å². The molecule has 0 saturated heterocycles. The summed E-state index contributed by atoms with van der Waals surface area (Å²) in [5.74, 6) is 4.41. The van der Waals surface area contributed by atoms with E-state index in [1.165, 1.54) is 0 Å². The van der Waals surface area contributed by atoms with Gasteiger partial charge in [-0.2, -0.15) is 0 Å². The molecule has 2 rings (SSSR count). The van der Waals surface area contributed by atoms with Crippen LogP contribution in [0.25, 0.3) is 0 Å². The summed E-state index contributed by atoms with van der Waals surface area (Å²) >= 11 is 0. The minimum Gasteiger partial charge on any atom is -0.481 e. The monoisotopic (exact) mass is 398 g/mol. The molecule has 1 aliphatic carbocycles. The summed E-state index contributed by atoms with van der Waals surface area (Å²) in [6.07, 6.45) is 5.69. The molecule has 0 aliphatic heterocycles. The topological polar surface area (TPSA) is 94.8 Å². The number of rotatable bonds is 9. The molecule has 1 aromatic rings. The number of carbonyl (C=O) groups excluding carboxylic acids is 1. The Hall–Kier alpha value is -2.42. The largest absolute Gasteiger partial charge is 0.481 e. The van der Waals surface area contributed by atoms with Crippen LogP contribution in [-0.2, 0) is 16.0 Å². The average molecular weight is 398 g/mol. The third-order valence-corrected chi connectivity index (χ3v) is 5.28. The Morgan fingerprint density at radius 3 is 2.72 bits per heavy atom. The summed E-state index contributed by atoms with van der Waals surface area (Å²) < 4.78 is 0. The van der Waals surface area contributed by atoms with E-state index in [9.17, 15) is 19.8 Å². The lowest BCUT2D eigenvalue weighted by atomic mass is 9.74. The van der Waals surface area contributed by atoms with Crippen LogP contribution in [0, 0.1) is 23.7 Å². The second kappa shape index (κ2) is 12.2. The number of carbonyl (C=O) groups is 2. The van der Waals surface area contributed by atoms with Gasteiger partial charge in [-0.15, -0.1) is 11.8 Å². The summed E-state index contributed by atoms with van der Waals surface area (Å²) in [6, 6.07) is 9.93. The molecule has 0 bridgehead atoms. The maximum atomic E-state index is 12.4. The third kappa shape index (κ3) is 8.23. The van der Waals surface area contributed by atoms with Gasteiger partial charge in [0, 0.05) is 37.5 Å². The van der Waals surface area contributed by atoms with Crippen LogP contribution in [0.4, 0.5) is 0 Å². The summed E-state index contributed by atoms with van der Waals surface area (Å²) in [7, 11) is 0. The van der Waals surface area contributed by atoms with Crippen LogP contribution in [0.15, 0.2) is 42.5 Å². The zero-order valence-corrected chi connectivity index (χ0v) is 16.7. The molecule has 29 heavy (non-hydrogen) atoms. The fourth-order valence-corrected chi connectivity index (χ4v) is 3.57. The van der Waals surface area contributed by atoms with Gasteiger partial charge in [-0.1, -0.05) is 42.5 Å². The standard InChI is InChI=1S/C24H30O5/c25-19(13-12-18-8-4-3-5-9-18)14-15-21-20(22(26)16-17-23(21)27)10-6-1-2-7-11-24(28)29/h3-5,8-9,14-15,19-21,23,25,27H,2,7,10-13,16-17H2,(H,28,29)/t19?,20-,21+,23-/m1/s1. The van der Waals surface area contributed by atoms with Crippen molar-refractivity contribution < 1.29 is 24.9 Å². The van der Waals surface area contributed by atoms with Crippen LogP contribution < -0.4 is 0 Å². The predicted octanol–water partition coefficient (Wildman–Crippen LogP) is 3.14. The molecule has 5 nitrogen and oxygen atoms in total. The van der Waals surface area contributed by atoms with Gasteiger partial charge in [0.1, 0.15) is 5.78 Å². The van der Waals surface area contributed by atoms with E-state index in [0.717, 1.165) is 12.0 Å². The van der Waals surface area contributed by atoms with Gasteiger partial charge in [0.05, 0.1) is 12.2 Å². The number of unbranched alkanes of at least 4 members (excludes halogenated alkanes) is 1. The second-order valence-corrected chi connectivity index (χ2v) is 7.54. The lowest BCUT2D eigenvalue weighted by Crippen LogP contribution is -2.37. The van der Waals surface area contributed by atoms with E-state index in [4.69, 9.17) is 5.11 Å². The summed E-state index contributed by atoms with van der Waals surface area (Å²) in [5, 5.41) is 29.3. The summed E-state index contributed by atoms with van der Waals surface area (Å²) in [4.78, 5) is 22.9. The molecule has 3 N–H and O–H groups in total. The highest BCUT2D eigenvalue weighted by molar-refractivity contribution is 5.82. The maximum Gasteiger partial charge on any atom is 0.303 e. The minimum atomic E-state index is -0.839. The molecule has 1 saturated carbocycles. The number of carboxylic acids is 1. The maximum absolute atomic E-state index is 12.4. The predicted molar refractivity (Wildman–Crippen MR) is 111 cm³/mol. The number of carboxylic acid groups (broad SMARTS) is 1. The van der Waals surface area contributed by atoms with Gasteiger partial charge >= 0.3 is 5.97 Å². The highest BCUT2D eigenvalue weighted by Crippen LogP contribution is 2.31. The molecule has 0 spiro atoms. The van der Waals surface area contributed by atoms with E-state index in [0.29, 0.717) is 38.5 Å². The van der Waals surface area contributed by atoms with Gasteiger partial charge in [-0.05, 0) is 31.2 Å². The molecule has 4 atom stereocenters. The number of benzene rings is 1. The molecular formula is C24H30O5. The van der Waals surface area contributed by atoms with Crippen molar-refractivity contribution in [2.24, 2.45) is 11.8 Å². The number of hydrogen-bond donors (Lipinski definition) is 3. The average Bonchev–Trinajstić information content (AvgIpc) is 2.71. The van der Waals surface area contributed by atoms with Crippen LogP contribution in [-0.4, -0.2) is 39.3 Å². The first kappa shape index (κ1) is 22.9. The Morgan fingerprint density at radius 2 is 2.00 bits per heavy atom. The van der Waals surface area contributed by atoms with E-state index in [-0.39, 0.29) is 24.0 Å². The first-order chi connectivity index (χ1) is 14.0. The lowest BCUT2D eigenvalue weighted by molar-refractivity contribution is -0.137. The molecule has 1 fully saturated rings. The van der Waals surface area contributed by atoms with Gasteiger partial charge in [0.2, 0.25) is 0 Å². The Balaban J connectivity index is 1.90. The van der Waals surface area contributed by atoms with Crippen molar-refractivity contribution in [1.29, 1.82) is 0 Å². The smallest absolute Gasteiger partial charge is 0.303 e. The molecule has 0 radical (unpaired) electrons.